The predicted octanol–water partition coefficient (Wildman–Crippen LogP) is 5.10. The fraction of sp³-hybridized carbons (Fsp3) is 0.375. The molecule has 1 saturated heterocycles. The number of nitrogens with zero attached hydrogens (tertiary/aromatic N) is 2. The number of cyclic esters (lactones) is 1. The van der Waals surface area contributed by atoms with Crippen molar-refractivity contribution in [3.8, 4) is 17.2 Å². The summed E-state index contributed by atoms with van der Waals surface area (Å²) >= 11 is 0. The predicted molar refractivity (Wildman–Crippen MR) is 108 cm³/mol. The van der Waals surface area contributed by atoms with Crippen molar-refractivity contribution < 1.29 is 18.3 Å². The Morgan fingerprint density at radius 2 is 2.00 bits per heavy atom. The highest BCUT2D eigenvalue weighted by atomic mass is 19.3. The zero-order valence-corrected chi connectivity index (χ0v) is 16.8. The van der Waals surface area contributed by atoms with Gasteiger partial charge in [0.2, 0.25) is 0 Å². The standard InChI is InChI=1S/C24H22F2N2O2/c1-14-19(22-15(2)30-23(29)21(22)11-24(14,25)26)10-9-18-8-7-17(13-28-18)20-6-4-3-5-16(20)12-27/h3-10,13-15,19,21-22H,11H2,1-2H3. The summed E-state index contributed by atoms with van der Waals surface area (Å²) in [6.45, 7) is 3.31. The number of benzene rings is 1. The number of halogens is 2. The first kappa shape index (κ1) is 20.2. The van der Waals surface area contributed by atoms with Gasteiger partial charge in [0.05, 0.1) is 23.2 Å². The van der Waals surface area contributed by atoms with Gasteiger partial charge in [0.25, 0.3) is 5.92 Å². The number of carbonyl (C=O) groups is 1. The van der Waals surface area contributed by atoms with Gasteiger partial charge in [-0.1, -0.05) is 37.3 Å². The van der Waals surface area contributed by atoms with Crippen LogP contribution in [0.2, 0.25) is 0 Å². The lowest BCUT2D eigenvalue weighted by Crippen LogP contribution is -2.46. The summed E-state index contributed by atoms with van der Waals surface area (Å²) in [5.74, 6) is -5.84. The Bertz CT molecular complexity index is 1030. The molecule has 2 aliphatic rings. The molecule has 1 aromatic carbocycles. The molecule has 2 fully saturated rings. The van der Waals surface area contributed by atoms with Gasteiger partial charge in [-0.2, -0.15) is 5.26 Å². The van der Waals surface area contributed by atoms with Crippen LogP contribution in [-0.2, 0) is 9.53 Å². The lowest BCUT2D eigenvalue weighted by Gasteiger charge is -2.41. The quantitative estimate of drug-likeness (QED) is 0.663. The van der Waals surface area contributed by atoms with E-state index in [1.807, 2.05) is 18.2 Å². The number of nitriles is 1. The van der Waals surface area contributed by atoms with Gasteiger partial charge in [-0.25, -0.2) is 8.78 Å². The summed E-state index contributed by atoms with van der Waals surface area (Å²) in [5.41, 5.74) is 2.79. The number of alkyl halides is 2. The Morgan fingerprint density at radius 3 is 2.70 bits per heavy atom. The minimum atomic E-state index is -2.92. The Labute approximate surface area is 174 Å². The summed E-state index contributed by atoms with van der Waals surface area (Å²) in [5, 5.41) is 9.27. The Kier molecular flexibility index (Phi) is 5.15. The highest BCUT2D eigenvalue weighted by Gasteiger charge is 2.59. The van der Waals surface area contributed by atoms with Gasteiger partial charge < -0.3 is 4.74 Å². The van der Waals surface area contributed by atoms with Gasteiger partial charge in [-0.3, -0.25) is 9.78 Å². The largest absolute Gasteiger partial charge is 0.462 e. The first-order chi connectivity index (χ1) is 14.3. The second-order valence-electron chi connectivity index (χ2n) is 8.15. The van der Waals surface area contributed by atoms with E-state index in [-0.39, 0.29) is 12.0 Å². The average Bonchev–Trinajstić information content (AvgIpc) is 3.01. The summed E-state index contributed by atoms with van der Waals surface area (Å²) in [6, 6.07) is 13.1. The van der Waals surface area contributed by atoms with Gasteiger partial charge >= 0.3 is 5.97 Å². The molecule has 4 nitrogen and oxygen atoms in total. The van der Waals surface area contributed by atoms with Crippen molar-refractivity contribution in [2.24, 2.45) is 23.7 Å². The van der Waals surface area contributed by atoms with Gasteiger partial charge in [0, 0.05) is 35.6 Å². The van der Waals surface area contributed by atoms with Crippen molar-refractivity contribution in [3.05, 3.63) is 59.9 Å². The average molecular weight is 408 g/mol. The van der Waals surface area contributed by atoms with Crippen molar-refractivity contribution in [2.45, 2.75) is 32.3 Å². The summed E-state index contributed by atoms with van der Waals surface area (Å²) in [4.78, 5) is 16.5. The highest BCUT2D eigenvalue weighted by molar-refractivity contribution is 5.76. The molecular formula is C24H22F2N2O2. The van der Waals surface area contributed by atoms with E-state index in [0.717, 1.165) is 11.1 Å². The molecule has 2 heterocycles. The molecule has 1 aliphatic heterocycles. The number of rotatable bonds is 3. The van der Waals surface area contributed by atoms with E-state index < -0.39 is 36.1 Å². The summed E-state index contributed by atoms with van der Waals surface area (Å²) in [7, 11) is 0. The number of hydrogen-bond acceptors (Lipinski definition) is 4. The first-order valence-corrected chi connectivity index (χ1v) is 10.0. The molecule has 1 aromatic heterocycles. The summed E-state index contributed by atoms with van der Waals surface area (Å²) in [6.07, 6.45) is 4.32. The number of pyridine rings is 1. The van der Waals surface area contributed by atoms with E-state index in [9.17, 15) is 18.8 Å². The number of ether oxygens (including phenoxy) is 1. The SMILES string of the molecule is CC1OC(=O)C2CC(F)(F)C(C)C(C=Cc3ccc(-c4ccccc4C#N)cn3)C12. The van der Waals surface area contributed by atoms with Crippen molar-refractivity contribution in [3.63, 3.8) is 0 Å². The molecule has 1 aliphatic carbocycles. The molecule has 4 rings (SSSR count). The number of carbonyl (C=O) groups excluding carboxylic acids is 1. The van der Waals surface area contributed by atoms with Gasteiger partial charge in [-0.15, -0.1) is 0 Å². The van der Waals surface area contributed by atoms with E-state index in [1.165, 1.54) is 6.92 Å². The fourth-order valence-electron chi connectivity index (χ4n) is 4.73. The summed E-state index contributed by atoms with van der Waals surface area (Å²) < 4.78 is 34.4. The van der Waals surface area contributed by atoms with Crippen LogP contribution in [0.5, 0.6) is 0 Å². The van der Waals surface area contributed by atoms with Crippen LogP contribution < -0.4 is 0 Å². The second kappa shape index (κ2) is 7.64. The topological polar surface area (TPSA) is 63.0 Å². The van der Waals surface area contributed by atoms with E-state index in [4.69, 9.17) is 4.74 Å². The molecule has 30 heavy (non-hydrogen) atoms. The van der Waals surface area contributed by atoms with Crippen molar-refractivity contribution in [1.82, 2.24) is 4.98 Å². The minimum absolute atomic E-state index is 0.259. The normalized spacial score (nSPS) is 30.0. The third-order valence-electron chi connectivity index (χ3n) is 6.43. The highest BCUT2D eigenvalue weighted by Crippen LogP contribution is 2.52. The minimum Gasteiger partial charge on any atom is -0.462 e. The molecule has 0 bridgehead atoms. The van der Waals surface area contributed by atoms with Crippen LogP contribution >= 0.6 is 0 Å². The maximum Gasteiger partial charge on any atom is 0.309 e. The number of aromatic nitrogens is 1. The maximum absolute atomic E-state index is 14.5. The molecule has 0 radical (unpaired) electrons. The van der Waals surface area contributed by atoms with Crippen molar-refractivity contribution in [2.75, 3.05) is 0 Å². The molecule has 1 saturated carbocycles. The van der Waals surface area contributed by atoms with Gasteiger partial charge in [-0.05, 0) is 31.1 Å². The monoisotopic (exact) mass is 408 g/mol. The fourth-order valence-corrected chi connectivity index (χ4v) is 4.73. The van der Waals surface area contributed by atoms with Crippen LogP contribution in [0.25, 0.3) is 17.2 Å². The third-order valence-corrected chi connectivity index (χ3v) is 6.43. The Balaban J connectivity index is 1.59. The van der Waals surface area contributed by atoms with Crippen LogP contribution in [0.3, 0.4) is 0 Å². The number of allylic oxidation sites excluding steroid dienone is 1. The smallest absolute Gasteiger partial charge is 0.309 e. The second-order valence-corrected chi connectivity index (χ2v) is 8.15. The Morgan fingerprint density at radius 1 is 1.23 bits per heavy atom. The van der Waals surface area contributed by atoms with Crippen molar-refractivity contribution >= 4 is 12.0 Å². The van der Waals surface area contributed by atoms with Gasteiger partial charge in [0.1, 0.15) is 6.10 Å². The molecule has 0 amide bonds. The molecule has 5 unspecified atom stereocenters. The molecule has 0 N–H and O–H groups in total. The zero-order valence-electron chi connectivity index (χ0n) is 16.8. The number of esters is 1. The number of fused-ring (bicyclic) bond motifs is 1. The lowest BCUT2D eigenvalue weighted by molar-refractivity contribution is -0.152. The van der Waals surface area contributed by atoms with Crippen LogP contribution in [0.15, 0.2) is 48.7 Å². The third kappa shape index (κ3) is 3.49. The van der Waals surface area contributed by atoms with E-state index in [2.05, 4.69) is 11.1 Å². The van der Waals surface area contributed by atoms with E-state index in [1.54, 1.807) is 43.5 Å². The van der Waals surface area contributed by atoms with Crippen LogP contribution in [0, 0.1) is 35.0 Å². The Hall–Kier alpha value is -3.07. The van der Waals surface area contributed by atoms with Crippen LogP contribution in [0.4, 0.5) is 8.78 Å². The lowest BCUT2D eigenvalue weighted by atomic mass is 9.64. The molecule has 5 atom stereocenters. The molecule has 154 valence electrons. The molecule has 6 heteroatoms. The maximum atomic E-state index is 14.5. The number of hydrogen-bond donors (Lipinski definition) is 0. The van der Waals surface area contributed by atoms with E-state index in [0.29, 0.717) is 11.3 Å². The zero-order chi connectivity index (χ0) is 21.5. The van der Waals surface area contributed by atoms with Crippen LogP contribution in [0.1, 0.15) is 31.5 Å². The first-order valence-electron chi connectivity index (χ1n) is 10.0. The van der Waals surface area contributed by atoms with Gasteiger partial charge in [0.15, 0.2) is 0 Å². The molecular weight excluding hydrogens is 386 g/mol. The molecule has 0 spiro atoms. The molecule has 2 aromatic rings. The van der Waals surface area contributed by atoms with Crippen molar-refractivity contribution in [1.29, 1.82) is 5.26 Å². The van der Waals surface area contributed by atoms with E-state index >= 15 is 0 Å². The van der Waals surface area contributed by atoms with Crippen LogP contribution in [-0.4, -0.2) is 23.0 Å².